The smallest absolute Gasteiger partial charge is 0.250 e. The number of oxazole rings is 1. The number of halogens is 3. The summed E-state index contributed by atoms with van der Waals surface area (Å²) in [5.74, 6) is 1.03. The Morgan fingerprint density at radius 2 is 1.76 bits per heavy atom. The number of carbonyl (C=O) groups excluding carboxylic acids is 1. The van der Waals surface area contributed by atoms with E-state index in [1.165, 1.54) is 12.2 Å². The van der Waals surface area contributed by atoms with Crippen LogP contribution in [-0.4, -0.2) is 16.0 Å². The summed E-state index contributed by atoms with van der Waals surface area (Å²) >= 11 is 23.7. The zero-order valence-corrected chi connectivity index (χ0v) is 22.8. The lowest BCUT2D eigenvalue weighted by Crippen LogP contribution is -2.33. The van der Waals surface area contributed by atoms with Crippen LogP contribution in [0.4, 0.5) is 5.69 Å². The molecule has 0 radical (unpaired) electrons. The molecule has 2 aromatic heterocycles. The quantitative estimate of drug-likeness (QED) is 0.160. The molecule has 0 saturated heterocycles. The van der Waals surface area contributed by atoms with Gasteiger partial charge in [-0.1, -0.05) is 46.9 Å². The van der Waals surface area contributed by atoms with E-state index in [9.17, 15) is 4.79 Å². The van der Waals surface area contributed by atoms with E-state index >= 15 is 0 Å². The van der Waals surface area contributed by atoms with Crippen LogP contribution >= 0.6 is 47.0 Å². The number of carbonyl (C=O) groups is 1. The summed E-state index contributed by atoms with van der Waals surface area (Å²) in [6.45, 7) is 1.91. The second-order valence-corrected chi connectivity index (χ2v) is 9.82. The highest BCUT2D eigenvalue weighted by molar-refractivity contribution is 7.80. The summed E-state index contributed by atoms with van der Waals surface area (Å²) in [6.07, 6.45) is 2.86. The molecule has 2 N–H and O–H groups in total. The monoisotopic (exact) mass is 581 g/mol. The summed E-state index contributed by atoms with van der Waals surface area (Å²) < 4.78 is 11.7. The van der Waals surface area contributed by atoms with Gasteiger partial charge in [-0.05, 0) is 85.4 Å². The second-order valence-electron chi connectivity index (χ2n) is 8.19. The van der Waals surface area contributed by atoms with Gasteiger partial charge in [0.05, 0.1) is 10.0 Å². The maximum Gasteiger partial charge on any atom is 0.250 e. The normalized spacial score (nSPS) is 11.3. The van der Waals surface area contributed by atoms with Crippen molar-refractivity contribution in [2.24, 2.45) is 0 Å². The number of nitrogens with zero attached hydrogens (tertiary/aromatic N) is 1. The highest BCUT2D eigenvalue weighted by Gasteiger charge is 2.14. The Hall–Kier alpha value is -3.62. The average Bonchev–Trinajstić information content (AvgIpc) is 3.52. The van der Waals surface area contributed by atoms with Gasteiger partial charge in [0, 0.05) is 27.9 Å². The van der Waals surface area contributed by atoms with Crippen LogP contribution in [-0.2, 0) is 4.79 Å². The Morgan fingerprint density at radius 1 is 0.974 bits per heavy atom. The topological polar surface area (TPSA) is 80.3 Å². The Bertz CT molecular complexity index is 1730. The molecule has 6 nitrogen and oxygen atoms in total. The third kappa shape index (κ3) is 5.61. The van der Waals surface area contributed by atoms with Crippen LogP contribution in [0, 0.1) is 6.92 Å². The number of rotatable bonds is 5. The number of aromatic nitrogens is 1. The van der Waals surface area contributed by atoms with Crippen LogP contribution in [0.1, 0.15) is 11.3 Å². The fourth-order valence-electron chi connectivity index (χ4n) is 3.76. The van der Waals surface area contributed by atoms with Gasteiger partial charge >= 0.3 is 0 Å². The van der Waals surface area contributed by atoms with Gasteiger partial charge in [0.2, 0.25) is 11.8 Å². The van der Waals surface area contributed by atoms with E-state index in [-0.39, 0.29) is 5.11 Å². The highest BCUT2D eigenvalue weighted by atomic mass is 35.5. The van der Waals surface area contributed by atoms with Crippen molar-refractivity contribution in [3.8, 4) is 22.8 Å². The Labute approximate surface area is 238 Å². The highest BCUT2D eigenvalue weighted by Crippen LogP contribution is 2.34. The van der Waals surface area contributed by atoms with Crippen LogP contribution in [0.15, 0.2) is 81.6 Å². The van der Waals surface area contributed by atoms with Crippen molar-refractivity contribution in [3.63, 3.8) is 0 Å². The second kappa shape index (κ2) is 11.0. The zero-order valence-electron chi connectivity index (χ0n) is 19.7. The molecule has 0 unspecified atom stereocenters. The summed E-state index contributed by atoms with van der Waals surface area (Å²) in [5, 5.41) is 7.22. The molecule has 0 bridgehead atoms. The van der Waals surface area contributed by atoms with Gasteiger partial charge < -0.3 is 14.2 Å². The largest absolute Gasteiger partial charge is 0.457 e. The molecule has 0 saturated carbocycles. The molecule has 1 amide bonds. The number of thiocarbonyl (C=S) groups is 1. The van der Waals surface area contributed by atoms with Gasteiger partial charge in [-0.3, -0.25) is 10.1 Å². The number of anilines is 1. The van der Waals surface area contributed by atoms with Crippen molar-refractivity contribution < 1.29 is 13.6 Å². The number of benzene rings is 3. The Balaban J connectivity index is 1.24. The summed E-state index contributed by atoms with van der Waals surface area (Å²) in [6, 6.07) is 19.6. The molecule has 3 aromatic carbocycles. The van der Waals surface area contributed by atoms with Crippen LogP contribution < -0.4 is 10.6 Å². The number of amides is 1. The van der Waals surface area contributed by atoms with Crippen molar-refractivity contribution >= 4 is 80.9 Å². The van der Waals surface area contributed by atoms with Crippen LogP contribution in [0.25, 0.3) is 40.0 Å². The number of hydrogen-bond acceptors (Lipinski definition) is 5. The lowest BCUT2D eigenvalue weighted by molar-refractivity contribution is -0.115. The first-order valence-corrected chi connectivity index (χ1v) is 12.8. The molecule has 0 atom stereocenters. The number of hydrogen-bond donors (Lipinski definition) is 2. The molecule has 190 valence electrons. The maximum absolute atomic E-state index is 12.5. The van der Waals surface area contributed by atoms with Gasteiger partial charge in [0.1, 0.15) is 17.0 Å². The van der Waals surface area contributed by atoms with Gasteiger partial charge in [0.15, 0.2) is 10.7 Å². The van der Waals surface area contributed by atoms with Gasteiger partial charge in [0.25, 0.3) is 0 Å². The van der Waals surface area contributed by atoms with E-state index in [2.05, 4.69) is 15.6 Å². The van der Waals surface area contributed by atoms with Gasteiger partial charge in [-0.25, -0.2) is 4.98 Å². The molecule has 10 heteroatoms. The van der Waals surface area contributed by atoms with E-state index in [4.69, 9.17) is 55.9 Å². The molecular weight excluding hydrogens is 565 g/mol. The predicted molar refractivity (Wildman–Crippen MR) is 157 cm³/mol. The summed E-state index contributed by atoms with van der Waals surface area (Å²) in [7, 11) is 0. The lowest BCUT2D eigenvalue weighted by Gasteiger charge is -2.12. The molecular formula is C28H18Cl3N3O3S. The number of nitrogens with one attached hydrogen (secondary N) is 2. The van der Waals surface area contributed by atoms with Gasteiger partial charge in [-0.2, -0.15) is 0 Å². The third-order valence-electron chi connectivity index (χ3n) is 5.64. The molecule has 5 aromatic rings. The van der Waals surface area contributed by atoms with Crippen LogP contribution in [0.2, 0.25) is 15.1 Å². The first-order valence-electron chi connectivity index (χ1n) is 11.3. The minimum Gasteiger partial charge on any atom is -0.457 e. The fourth-order valence-corrected chi connectivity index (χ4v) is 4.54. The van der Waals surface area contributed by atoms with Crippen molar-refractivity contribution in [1.29, 1.82) is 0 Å². The van der Waals surface area contributed by atoms with E-state index < -0.39 is 5.91 Å². The van der Waals surface area contributed by atoms with E-state index in [0.717, 1.165) is 11.1 Å². The van der Waals surface area contributed by atoms with Crippen molar-refractivity contribution in [2.45, 2.75) is 6.92 Å². The number of fused-ring (bicyclic) bond motifs is 1. The van der Waals surface area contributed by atoms with Crippen LogP contribution in [0.3, 0.4) is 0 Å². The Kier molecular flexibility index (Phi) is 7.53. The average molecular weight is 583 g/mol. The van der Waals surface area contributed by atoms with Crippen molar-refractivity contribution in [1.82, 2.24) is 10.3 Å². The predicted octanol–water partition coefficient (Wildman–Crippen LogP) is 8.55. The molecule has 0 fully saturated rings. The lowest BCUT2D eigenvalue weighted by atomic mass is 10.1. The third-order valence-corrected chi connectivity index (χ3v) is 6.90. The van der Waals surface area contributed by atoms with Gasteiger partial charge in [-0.15, -0.1) is 0 Å². The minimum absolute atomic E-state index is 0.134. The first kappa shape index (κ1) is 26.0. The van der Waals surface area contributed by atoms with Crippen LogP contribution in [0.5, 0.6) is 0 Å². The van der Waals surface area contributed by atoms with E-state index in [0.29, 0.717) is 54.8 Å². The van der Waals surface area contributed by atoms with Crippen molar-refractivity contribution in [2.75, 3.05) is 5.32 Å². The maximum atomic E-state index is 12.5. The molecule has 0 aliphatic carbocycles. The zero-order chi connectivity index (χ0) is 26.8. The standard InChI is InChI=1S/C28H18Cl3N3O3S/c1-15-18(27-32-22-14-16(29)8-11-24(22)37-27)4-3-7-21(15)33-28(38)34-25(35)13-10-17-9-12-23(36-17)19-5-2-6-20(30)26(19)31/h2-14H,1H3,(H2,33,34,35,38)/b13-10+. The summed E-state index contributed by atoms with van der Waals surface area (Å²) in [4.78, 5) is 17.0. The number of furan rings is 1. The molecule has 0 aliphatic heterocycles. The van der Waals surface area contributed by atoms with E-state index in [1.807, 2.05) is 25.1 Å². The van der Waals surface area contributed by atoms with Crippen molar-refractivity contribution in [3.05, 3.63) is 99.2 Å². The Morgan fingerprint density at radius 3 is 2.61 bits per heavy atom. The molecule has 0 aliphatic rings. The first-order chi connectivity index (χ1) is 18.3. The fraction of sp³-hybridized carbons (Fsp3) is 0.0357. The SMILES string of the molecule is Cc1c(NC(=S)NC(=O)/C=C/c2ccc(-c3cccc(Cl)c3Cl)o2)cccc1-c1nc2cc(Cl)ccc2o1. The minimum atomic E-state index is -0.425. The molecule has 0 spiro atoms. The van der Waals surface area contributed by atoms with E-state index in [1.54, 1.807) is 48.5 Å². The molecule has 5 rings (SSSR count). The summed E-state index contributed by atoms with van der Waals surface area (Å²) in [5.41, 5.74) is 4.29. The molecule has 38 heavy (non-hydrogen) atoms. The molecule has 2 heterocycles.